The number of aliphatic hydroxyl groups excluding tert-OH is 1. The van der Waals surface area contributed by atoms with Gasteiger partial charge in [0.15, 0.2) is 11.4 Å². The summed E-state index contributed by atoms with van der Waals surface area (Å²) in [6.07, 6.45) is -0.461. The van der Waals surface area contributed by atoms with Gasteiger partial charge in [0.2, 0.25) is 11.8 Å². The molecule has 4 heterocycles. The zero-order valence-electron chi connectivity index (χ0n) is 21.4. The minimum absolute atomic E-state index is 0.114. The smallest absolute Gasteiger partial charge is 0.257 e. The maximum atomic E-state index is 13.7. The van der Waals surface area contributed by atoms with Gasteiger partial charge in [0.1, 0.15) is 11.8 Å². The number of carbonyl (C=O) groups is 2. The number of β-amino-alcohol motifs (C(OH)–C–C–N with tert-alkyl or cyclic N) is 1. The molecule has 5 rings (SSSR count). The third kappa shape index (κ3) is 4.46. The number of aromatic nitrogens is 3. The fraction of sp³-hybridized carbons (Fsp3) is 0.462. The van der Waals surface area contributed by atoms with E-state index >= 15 is 0 Å². The number of aliphatic imine (C=N–C) groups is 1. The molecule has 2 amide bonds. The van der Waals surface area contributed by atoms with Gasteiger partial charge in [-0.1, -0.05) is 43.3 Å². The van der Waals surface area contributed by atoms with Crippen molar-refractivity contribution in [2.45, 2.75) is 64.6 Å². The quantitative estimate of drug-likeness (QED) is 0.508. The number of benzene rings is 1. The number of amidine groups is 1. The first-order valence-corrected chi connectivity index (χ1v) is 13.2. The van der Waals surface area contributed by atoms with Crippen molar-refractivity contribution in [2.24, 2.45) is 10.9 Å². The molecule has 4 atom stereocenters. The summed E-state index contributed by atoms with van der Waals surface area (Å²) >= 11 is 1.57. The summed E-state index contributed by atoms with van der Waals surface area (Å²) < 4.78 is 5.33. The summed E-state index contributed by atoms with van der Waals surface area (Å²) in [6, 6.07) is 7.17. The van der Waals surface area contributed by atoms with Gasteiger partial charge in [-0.3, -0.25) is 9.59 Å². The minimum atomic E-state index is -1.15. The normalized spacial score (nSPS) is 24.5. The number of likely N-dealkylation sites (tertiary alicyclic amines) is 1. The number of nitrogens with one attached hydrogen (secondary N) is 1. The van der Waals surface area contributed by atoms with Crippen LogP contribution in [0.3, 0.4) is 0 Å². The molecule has 3 aromatic rings. The maximum absolute atomic E-state index is 13.7. The van der Waals surface area contributed by atoms with Gasteiger partial charge in [-0.15, -0.1) is 11.3 Å². The van der Waals surface area contributed by atoms with E-state index in [1.165, 1.54) is 0 Å². The van der Waals surface area contributed by atoms with Crippen LogP contribution in [0.5, 0.6) is 0 Å². The first kappa shape index (κ1) is 25.2. The molecule has 0 spiro atoms. The topological polar surface area (TPSA) is 134 Å². The standard InChI is InChI=1S/C26H30N6O4S/c1-13(2)20(23-28-15(4)31-36-23)24(34)32-11-18(33)10-19(32)22-29-25(35)26(5,30-22)17-8-6-16(7-9-17)21-14(3)27-12-37-21/h6-9,12-13,18-20,33H,10-11H2,1-5H3,(H,29,30,35)/t18-,19+,20+,26+/m1/s1. The van der Waals surface area contributed by atoms with Crippen LogP contribution in [0.25, 0.3) is 10.4 Å². The van der Waals surface area contributed by atoms with Crippen molar-refractivity contribution >= 4 is 29.0 Å². The van der Waals surface area contributed by atoms with Crippen molar-refractivity contribution in [3.05, 3.63) is 52.7 Å². The van der Waals surface area contributed by atoms with Crippen LogP contribution in [0.4, 0.5) is 0 Å². The number of amides is 2. The van der Waals surface area contributed by atoms with Crippen LogP contribution >= 0.6 is 11.3 Å². The van der Waals surface area contributed by atoms with E-state index in [0.29, 0.717) is 11.7 Å². The monoisotopic (exact) mass is 522 g/mol. The average molecular weight is 523 g/mol. The molecule has 0 radical (unpaired) electrons. The fourth-order valence-electron chi connectivity index (χ4n) is 5.05. The van der Waals surface area contributed by atoms with Gasteiger partial charge in [0.05, 0.1) is 28.2 Å². The zero-order chi connectivity index (χ0) is 26.5. The van der Waals surface area contributed by atoms with Crippen molar-refractivity contribution in [3.63, 3.8) is 0 Å². The number of thiazole rings is 1. The number of hydrogen-bond donors (Lipinski definition) is 2. The summed E-state index contributed by atoms with van der Waals surface area (Å²) in [5, 5.41) is 17.3. The van der Waals surface area contributed by atoms with Gasteiger partial charge >= 0.3 is 0 Å². The summed E-state index contributed by atoms with van der Waals surface area (Å²) in [5.74, 6) is -0.218. The Morgan fingerprint density at radius 2 is 2.00 bits per heavy atom. The third-order valence-electron chi connectivity index (χ3n) is 7.10. The molecule has 2 aliphatic rings. The van der Waals surface area contributed by atoms with Gasteiger partial charge in [-0.05, 0) is 37.8 Å². The van der Waals surface area contributed by atoms with Crippen molar-refractivity contribution in [1.29, 1.82) is 0 Å². The van der Waals surface area contributed by atoms with Crippen LogP contribution in [0.1, 0.15) is 56.1 Å². The van der Waals surface area contributed by atoms with Crippen LogP contribution in [0.2, 0.25) is 0 Å². The SMILES string of the molecule is Cc1noc([C@@H](C(=O)N2C[C@H](O)C[C@H]2C2=N[C@@](C)(c3ccc(-c4scnc4C)cc3)C(=O)N2)C(C)C)n1. The number of carbonyl (C=O) groups excluding carboxylic acids is 2. The van der Waals surface area contributed by atoms with E-state index in [4.69, 9.17) is 9.52 Å². The predicted octanol–water partition coefficient (Wildman–Crippen LogP) is 2.96. The molecule has 1 saturated heterocycles. The van der Waals surface area contributed by atoms with Gasteiger partial charge in [-0.25, -0.2) is 9.98 Å². The van der Waals surface area contributed by atoms with Crippen LogP contribution in [0, 0.1) is 19.8 Å². The lowest BCUT2D eigenvalue weighted by atomic mass is 9.91. The number of rotatable bonds is 6. The van der Waals surface area contributed by atoms with Gasteiger partial charge in [0, 0.05) is 13.0 Å². The Morgan fingerprint density at radius 3 is 2.59 bits per heavy atom. The molecule has 2 aromatic heterocycles. The molecule has 0 unspecified atom stereocenters. The second-order valence-electron chi connectivity index (χ2n) is 10.2. The van der Waals surface area contributed by atoms with E-state index in [-0.39, 0.29) is 36.6 Å². The molecule has 0 bridgehead atoms. The highest BCUT2D eigenvalue weighted by atomic mass is 32.1. The number of nitrogens with zero attached hydrogens (tertiary/aromatic N) is 5. The Hall–Kier alpha value is -3.44. The van der Waals surface area contributed by atoms with Gasteiger partial charge in [-0.2, -0.15) is 4.98 Å². The number of aryl methyl sites for hydroxylation is 2. The molecule has 2 N–H and O–H groups in total. The number of hydrogen-bond acceptors (Lipinski definition) is 9. The first-order chi connectivity index (χ1) is 17.6. The lowest BCUT2D eigenvalue weighted by Gasteiger charge is -2.28. The highest BCUT2D eigenvalue weighted by Crippen LogP contribution is 2.36. The largest absolute Gasteiger partial charge is 0.391 e. The Balaban J connectivity index is 1.43. The fourth-order valence-corrected chi connectivity index (χ4v) is 5.86. The van der Waals surface area contributed by atoms with Gasteiger partial charge < -0.3 is 19.8 Å². The highest BCUT2D eigenvalue weighted by molar-refractivity contribution is 7.13. The van der Waals surface area contributed by atoms with E-state index in [1.807, 2.05) is 50.5 Å². The van der Waals surface area contributed by atoms with Crippen molar-refractivity contribution in [2.75, 3.05) is 6.54 Å². The van der Waals surface area contributed by atoms with Crippen molar-refractivity contribution in [1.82, 2.24) is 25.3 Å². The molecular weight excluding hydrogens is 492 g/mol. The molecule has 1 aromatic carbocycles. The van der Waals surface area contributed by atoms with E-state index < -0.39 is 23.6 Å². The second kappa shape index (κ2) is 9.46. The molecule has 0 aliphatic carbocycles. The summed E-state index contributed by atoms with van der Waals surface area (Å²) in [4.78, 5) is 43.0. The number of aliphatic hydroxyl groups is 1. The molecule has 10 nitrogen and oxygen atoms in total. The minimum Gasteiger partial charge on any atom is -0.391 e. The van der Waals surface area contributed by atoms with Crippen LogP contribution in [0.15, 0.2) is 39.3 Å². The zero-order valence-corrected chi connectivity index (χ0v) is 22.2. The molecule has 0 saturated carbocycles. The Labute approximate surface area is 218 Å². The average Bonchev–Trinajstić information content (AvgIpc) is 3.62. The van der Waals surface area contributed by atoms with E-state index in [0.717, 1.165) is 21.7 Å². The first-order valence-electron chi connectivity index (χ1n) is 12.3. The molecular formula is C26H30N6O4S. The van der Waals surface area contributed by atoms with E-state index in [1.54, 1.807) is 30.1 Å². The Kier molecular flexibility index (Phi) is 6.45. The Bertz CT molecular complexity index is 1360. The van der Waals surface area contributed by atoms with Crippen LogP contribution < -0.4 is 5.32 Å². The molecule has 11 heteroatoms. The second-order valence-corrected chi connectivity index (χ2v) is 11.0. The molecule has 2 aliphatic heterocycles. The van der Waals surface area contributed by atoms with Crippen LogP contribution in [-0.4, -0.2) is 61.5 Å². The Morgan fingerprint density at radius 1 is 1.27 bits per heavy atom. The predicted molar refractivity (Wildman–Crippen MR) is 138 cm³/mol. The lowest BCUT2D eigenvalue weighted by Crippen LogP contribution is -2.48. The summed E-state index contributed by atoms with van der Waals surface area (Å²) in [7, 11) is 0. The molecule has 37 heavy (non-hydrogen) atoms. The van der Waals surface area contributed by atoms with Crippen molar-refractivity contribution < 1.29 is 19.2 Å². The summed E-state index contributed by atoms with van der Waals surface area (Å²) in [6.45, 7) is 9.38. The van der Waals surface area contributed by atoms with Gasteiger partial charge in [0.25, 0.3) is 5.91 Å². The summed E-state index contributed by atoms with van der Waals surface area (Å²) in [5.41, 5.74) is 3.39. The highest BCUT2D eigenvalue weighted by Gasteiger charge is 2.48. The third-order valence-corrected chi connectivity index (χ3v) is 8.08. The van der Waals surface area contributed by atoms with Crippen LogP contribution in [-0.2, 0) is 15.1 Å². The van der Waals surface area contributed by atoms with E-state index in [2.05, 4.69) is 20.4 Å². The van der Waals surface area contributed by atoms with Crippen molar-refractivity contribution in [3.8, 4) is 10.4 Å². The maximum Gasteiger partial charge on any atom is 0.257 e. The molecule has 1 fully saturated rings. The van der Waals surface area contributed by atoms with E-state index in [9.17, 15) is 14.7 Å². The lowest BCUT2D eigenvalue weighted by molar-refractivity contribution is -0.134. The molecule has 194 valence electrons.